The summed E-state index contributed by atoms with van der Waals surface area (Å²) in [5.41, 5.74) is 5.53. The van der Waals surface area contributed by atoms with Crippen molar-refractivity contribution in [1.29, 1.82) is 0 Å². The van der Waals surface area contributed by atoms with E-state index in [-0.39, 0.29) is 21.7 Å². The Morgan fingerprint density at radius 2 is 1.48 bits per heavy atom. The third kappa shape index (κ3) is 5.59. The summed E-state index contributed by atoms with van der Waals surface area (Å²) in [6.07, 6.45) is 0. The monoisotopic (exact) mass is 461 g/mol. The van der Waals surface area contributed by atoms with E-state index < -0.39 is 27.7 Å². The van der Waals surface area contributed by atoms with Crippen molar-refractivity contribution in [3.63, 3.8) is 0 Å². The zero-order valence-electron chi connectivity index (χ0n) is 16.1. The molecule has 0 saturated carbocycles. The first-order valence-electron chi connectivity index (χ1n) is 8.91. The van der Waals surface area contributed by atoms with Crippen LogP contribution in [0, 0.1) is 12.7 Å². The maximum absolute atomic E-state index is 13.0. The highest BCUT2D eigenvalue weighted by Gasteiger charge is 2.19. The van der Waals surface area contributed by atoms with E-state index in [2.05, 4.69) is 15.6 Å². The second-order valence-electron chi connectivity index (χ2n) is 6.50. The lowest BCUT2D eigenvalue weighted by atomic mass is 10.1. The first kappa shape index (κ1) is 22.3. The molecule has 0 fully saturated rings. The van der Waals surface area contributed by atoms with Crippen LogP contribution in [-0.4, -0.2) is 20.2 Å². The molecule has 3 rings (SSSR count). The first-order valence-corrected chi connectivity index (χ1v) is 10.8. The van der Waals surface area contributed by atoms with Crippen molar-refractivity contribution in [2.75, 3.05) is 4.72 Å². The van der Waals surface area contributed by atoms with E-state index in [1.54, 1.807) is 6.92 Å². The van der Waals surface area contributed by atoms with Gasteiger partial charge in [0.25, 0.3) is 21.8 Å². The summed E-state index contributed by atoms with van der Waals surface area (Å²) in [6.45, 7) is 1.62. The van der Waals surface area contributed by atoms with Gasteiger partial charge in [0.05, 0.1) is 4.90 Å². The molecular weight excluding hydrogens is 445 g/mol. The number of nitrogens with one attached hydrogen (secondary N) is 3. The van der Waals surface area contributed by atoms with Crippen LogP contribution in [-0.2, 0) is 10.0 Å². The largest absolute Gasteiger partial charge is 0.280 e. The smallest absolute Gasteiger partial charge is 0.270 e. The van der Waals surface area contributed by atoms with Crippen LogP contribution < -0.4 is 15.6 Å². The molecule has 2 amide bonds. The first-order chi connectivity index (χ1) is 14.7. The number of hydrogen-bond donors (Lipinski definition) is 3. The van der Waals surface area contributed by atoms with E-state index in [0.717, 1.165) is 12.1 Å². The Hall–Kier alpha value is -3.43. The van der Waals surface area contributed by atoms with E-state index >= 15 is 0 Å². The molecule has 3 aromatic carbocycles. The number of sulfonamides is 1. The fourth-order valence-electron chi connectivity index (χ4n) is 2.60. The molecule has 0 heterocycles. The van der Waals surface area contributed by atoms with Crippen molar-refractivity contribution in [2.45, 2.75) is 11.8 Å². The number of halogens is 2. The molecule has 0 saturated heterocycles. The van der Waals surface area contributed by atoms with Crippen molar-refractivity contribution in [1.82, 2.24) is 10.9 Å². The fourth-order valence-corrected chi connectivity index (χ4v) is 3.81. The van der Waals surface area contributed by atoms with Crippen LogP contribution in [0.1, 0.15) is 26.3 Å². The van der Waals surface area contributed by atoms with Crippen molar-refractivity contribution in [2.24, 2.45) is 0 Å². The van der Waals surface area contributed by atoms with Gasteiger partial charge in [-0.25, -0.2) is 12.8 Å². The highest BCUT2D eigenvalue weighted by Crippen LogP contribution is 2.19. The second-order valence-corrected chi connectivity index (χ2v) is 8.62. The van der Waals surface area contributed by atoms with Crippen molar-refractivity contribution in [3.05, 3.63) is 94.3 Å². The molecule has 0 aliphatic rings. The van der Waals surface area contributed by atoms with Gasteiger partial charge in [0.15, 0.2) is 0 Å². The highest BCUT2D eigenvalue weighted by molar-refractivity contribution is 7.92. The van der Waals surface area contributed by atoms with Gasteiger partial charge in [-0.15, -0.1) is 0 Å². The van der Waals surface area contributed by atoms with Gasteiger partial charge in [0.1, 0.15) is 5.82 Å². The third-order valence-corrected chi connectivity index (χ3v) is 5.89. The molecular formula is C21H17ClFN3O4S. The number of carbonyl (C=O) groups excluding carboxylic acids is 2. The van der Waals surface area contributed by atoms with Crippen molar-refractivity contribution in [3.8, 4) is 0 Å². The van der Waals surface area contributed by atoms with Gasteiger partial charge in [0.2, 0.25) is 0 Å². The molecule has 3 N–H and O–H groups in total. The minimum absolute atomic E-state index is 0.0541. The summed E-state index contributed by atoms with van der Waals surface area (Å²) in [5, 5.41) is 0.462. The molecule has 160 valence electrons. The fraction of sp³-hybridized carbons (Fsp3) is 0.0476. The van der Waals surface area contributed by atoms with Crippen LogP contribution in [0.4, 0.5) is 10.1 Å². The highest BCUT2D eigenvalue weighted by atomic mass is 35.5. The lowest BCUT2D eigenvalue weighted by Gasteiger charge is -2.12. The lowest BCUT2D eigenvalue weighted by molar-refractivity contribution is 0.0846. The number of amides is 2. The number of hydrazine groups is 1. The van der Waals surface area contributed by atoms with Crippen LogP contribution in [0.15, 0.2) is 71.6 Å². The number of benzene rings is 3. The van der Waals surface area contributed by atoms with Crippen molar-refractivity contribution < 1.29 is 22.4 Å². The van der Waals surface area contributed by atoms with Crippen LogP contribution in [0.2, 0.25) is 5.02 Å². The predicted octanol–water partition coefficient (Wildman–Crippen LogP) is 3.66. The summed E-state index contributed by atoms with van der Waals surface area (Å²) in [6, 6.07) is 14.8. The number of rotatable bonds is 5. The van der Waals surface area contributed by atoms with E-state index in [1.165, 1.54) is 54.6 Å². The molecule has 0 bridgehead atoms. The Labute approximate surface area is 183 Å². The molecule has 0 spiro atoms. The maximum atomic E-state index is 13.0. The van der Waals surface area contributed by atoms with Gasteiger partial charge in [-0.2, -0.15) is 0 Å². The summed E-state index contributed by atoms with van der Waals surface area (Å²) < 4.78 is 40.6. The molecule has 0 radical (unpaired) electrons. The van der Waals surface area contributed by atoms with Crippen LogP contribution in [0.25, 0.3) is 0 Å². The van der Waals surface area contributed by atoms with Gasteiger partial charge in [0, 0.05) is 21.8 Å². The van der Waals surface area contributed by atoms with Gasteiger partial charge < -0.3 is 0 Å². The molecule has 3 aromatic rings. The minimum Gasteiger partial charge on any atom is -0.280 e. The van der Waals surface area contributed by atoms with Crippen LogP contribution in [0.3, 0.4) is 0 Å². The third-order valence-electron chi connectivity index (χ3n) is 4.26. The Morgan fingerprint density at radius 3 is 2.13 bits per heavy atom. The molecule has 0 atom stereocenters. The van der Waals surface area contributed by atoms with Crippen LogP contribution >= 0.6 is 11.6 Å². The Morgan fingerprint density at radius 1 is 0.871 bits per heavy atom. The minimum atomic E-state index is -4.03. The Kier molecular flexibility index (Phi) is 6.57. The SMILES string of the molecule is Cc1ccc(S(=O)(=O)Nc2ccc(F)cc2)cc1C(=O)NNC(=O)c1ccc(Cl)cc1. The number of aryl methyl sites for hydroxylation is 1. The molecule has 0 aliphatic heterocycles. The van der Waals surface area contributed by atoms with E-state index in [9.17, 15) is 22.4 Å². The van der Waals surface area contributed by atoms with E-state index in [1.807, 2.05) is 0 Å². The standard InChI is InChI=1S/C21H17ClFN3O4S/c1-13-2-11-18(31(29,30)26-17-9-7-16(23)8-10-17)12-19(13)21(28)25-24-20(27)14-3-5-15(22)6-4-14/h2-12,26H,1H3,(H,24,27)(H,25,28). The van der Waals surface area contributed by atoms with Crippen LogP contribution in [0.5, 0.6) is 0 Å². The molecule has 10 heteroatoms. The molecule has 31 heavy (non-hydrogen) atoms. The lowest BCUT2D eigenvalue weighted by Crippen LogP contribution is -2.41. The summed E-state index contributed by atoms with van der Waals surface area (Å²) >= 11 is 5.78. The average Bonchev–Trinajstić information content (AvgIpc) is 2.74. The topological polar surface area (TPSA) is 104 Å². The molecule has 0 aliphatic carbocycles. The molecule has 0 aromatic heterocycles. The van der Waals surface area contributed by atoms with Gasteiger partial charge in [-0.3, -0.25) is 25.2 Å². The van der Waals surface area contributed by atoms with Gasteiger partial charge >= 0.3 is 0 Å². The van der Waals surface area contributed by atoms with E-state index in [0.29, 0.717) is 10.6 Å². The second kappa shape index (κ2) is 9.15. The number of hydrogen-bond acceptors (Lipinski definition) is 4. The molecule has 0 unspecified atom stereocenters. The van der Waals surface area contributed by atoms with Gasteiger partial charge in [-0.05, 0) is 73.2 Å². The zero-order chi connectivity index (χ0) is 22.6. The number of carbonyl (C=O) groups is 2. The molecule has 7 nitrogen and oxygen atoms in total. The quantitative estimate of drug-likeness (QED) is 0.504. The summed E-state index contributed by atoms with van der Waals surface area (Å²) in [7, 11) is -4.03. The zero-order valence-corrected chi connectivity index (χ0v) is 17.7. The Balaban J connectivity index is 1.75. The van der Waals surface area contributed by atoms with E-state index in [4.69, 9.17) is 11.6 Å². The van der Waals surface area contributed by atoms with Crippen molar-refractivity contribution >= 4 is 39.1 Å². The maximum Gasteiger partial charge on any atom is 0.270 e. The summed E-state index contributed by atoms with van der Waals surface area (Å²) in [4.78, 5) is 24.5. The average molecular weight is 462 g/mol. The predicted molar refractivity (Wildman–Crippen MR) is 115 cm³/mol. The normalized spacial score (nSPS) is 10.9. The number of anilines is 1. The van der Waals surface area contributed by atoms with Gasteiger partial charge in [-0.1, -0.05) is 17.7 Å². The Bertz CT molecular complexity index is 1230. The summed E-state index contributed by atoms with van der Waals surface area (Å²) in [5.74, 6) is -1.76.